The molecule has 0 bridgehead atoms. The van der Waals surface area contributed by atoms with Gasteiger partial charge in [0, 0.05) is 18.4 Å². The predicted octanol–water partition coefficient (Wildman–Crippen LogP) is -3.92. The van der Waals surface area contributed by atoms with Crippen molar-refractivity contribution in [1.29, 1.82) is 0 Å². The zero-order chi connectivity index (χ0) is 23.1. The molecule has 0 radical (unpaired) electrons. The van der Waals surface area contributed by atoms with Crippen molar-refractivity contribution >= 4 is 5.91 Å². The molecular weight excluding hydrogens is 424 g/mol. The minimum Gasteiger partial charge on any atom is -0.394 e. The number of aliphatic hydroxyl groups is 6. The van der Waals surface area contributed by atoms with Crippen molar-refractivity contribution in [3.63, 3.8) is 0 Å². The Hall–Kier alpha value is -1.62. The molecule has 15 heteroatoms. The van der Waals surface area contributed by atoms with E-state index in [1.165, 1.54) is 6.92 Å². The number of rotatable bonds is 9. The van der Waals surface area contributed by atoms with Crippen LogP contribution in [0.2, 0.25) is 0 Å². The highest BCUT2D eigenvalue weighted by molar-refractivity contribution is 5.73. The third-order valence-corrected chi connectivity index (χ3v) is 4.90. The van der Waals surface area contributed by atoms with E-state index in [0.29, 0.717) is 0 Å². The van der Waals surface area contributed by atoms with Crippen LogP contribution >= 0.6 is 0 Å². The fourth-order valence-electron chi connectivity index (χ4n) is 3.35. The van der Waals surface area contributed by atoms with Crippen molar-refractivity contribution in [3.05, 3.63) is 10.4 Å². The van der Waals surface area contributed by atoms with E-state index in [1.807, 2.05) is 0 Å². The molecule has 2 aliphatic rings. The largest absolute Gasteiger partial charge is 0.394 e. The number of hydrogen-bond acceptors (Lipinski definition) is 12. The summed E-state index contributed by atoms with van der Waals surface area (Å²) in [6.07, 6.45) is -13.3. The van der Waals surface area contributed by atoms with Gasteiger partial charge >= 0.3 is 0 Å². The molecule has 2 fully saturated rings. The van der Waals surface area contributed by atoms with Crippen LogP contribution in [0.4, 0.5) is 0 Å². The van der Waals surface area contributed by atoms with Crippen LogP contribution in [0.15, 0.2) is 5.11 Å². The minimum atomic E-state index is -1.75. The normalized spacial score (nSPS) is 40.7. The van der Waals surface area contributed by atoms with Crippen LogP contribution in [-0.2, 0) is 23.7 Å². The second-order valence-corrected chi connectivity index (χ2v) is 7.07. The van der Waals surface area contributed by atoms with E-state index < -0.39 is 80.5 Å². The van der Waals surface area contributed by atoms with E-state index in [2.05, 4.69) is 15.3 Å². The third-order valence-electron chi connectivity index (χ3n) is 4.90. The maximum Gasteiger partial charge on any atom is 0.217 e. The highest BCUT2D eigenvalue weighted by Gasteiger charge is 2.51. The van der Waals surface area contributed by atoms with Crippen LogP contribution in [0.5, 0.6) is 0 Å². The summed E-state index contributed by atoms with van der Waals surface area (Å²) < 4.78 is 21.8. The fraction of sp³-hybridized carbons (Fsp3) is 0.938. The highest BCUT2D eigenvalue weighted by atomic mass is 16.7. The fourth-order valence-corrected chi connectivity index (χ4v) is 3.35. The average Bonchev–Trinajstić information content (AvgIpc) is 2.74. The van der Waals surface area contributed by atoms with E-state index in [1.54, 1.807) is 0 Å². The summed E-state index contributed by atoms with van der Waals surface area (Å²) in [7, 11) is 0. The van der Waals surface area contributed by atoms with Crippen LogP contribution < -0.4 is 5.32 Å². The number of amides is 1. The molecular formula is C16H28N4O11. The summed E-state index contributed by atoms with van der Waals surface area (Å²) in [6, 6.07) is -1.18. The lowest BCUT2D eigenvalue weighted by Crippen LogP contribution is -2.67. The van der Waals surface area contributed by atoms with Gasteiger partial charge in [0.05, 0.1) is 19.8 Å². The molecule has 2 rings (SSSR count). The Morgan fingerprint density at radius 1 is 1.03 bits per heavy atom. The van der Waals surface area contributed by atoms with Crippen LogP contribution in [0.1, 0.15) is 6.92 Å². The number of carbonyl (C=O) groups is 1. The maximum atomic E-state index is 11.6. The van der Waals surface area contributed by atoms with E-state index in [9.17, 15) is 35.4 Å². The zero-order valence-electron chi connectivity index (χ0n) is 16.7. The smallest absolute Gasteiger partial charge is 0.217 e. The number of nitrogens with one attached hydrogen (secondary N) is 1. The molecule has 7 N–H and O–H groups in total. The second kappa shape index (κ2) is 11.8. The number of hydrogen-bond donors (Lipinski definition) is 7. The summed E-state index contributed by atoms with van der Waals surface area (Å²) in [6.45, 7) is -0.313. The van der Waals surface area contributed by atoms with E-state index in [4.69, 9.17) is 24.5 Å². The molecule has 15 nitrogen and oxygen atoms in total. The first kappa shape index (κ1) is 25.6. The van der Waals surface area contributed by atoms with Crippen molar-refractivity contribution in [3.8, 4) is 0 Å². The van der Waals surface area contributed by atoms with Gasteiger partial charge in [-0.25, -0.2) is 0 Å². The van der Waals surface area contributed by atoms with Crippen LogP contribution in [0.25, 0.3) is 10.4 Å². The molecule has 0 unspecified atom stereocenters. The molecule has 2 saturated heterocycles. The van der Waals surface area contributed by atoms with Crippen LogP contribution in [-0.4, -0.2) is 124 Å². The first-order valence-corrected chi connectivity index (χ1v) is 9.55. The van der Waals surface area contributed by atoms with Gasteiger partial charge in [-0.1, -0.05) is 5.11 Å². The molecule has 2 aliphatic heterocycles. The zero-order valence-corrected chi connectivity index (χ0v) is 16.7. The summed E-state index contributed by atoms with van der Waals surface area (Å²) in [5, 5.41) is 65.5. The number of azide groups is 1. The van der Waals surface area contributed by atoms with Gasteiger partial charge in [0.25, 0.3) is 0 Å². The second-order valence-electron chi connectivity index (χ2n) is 7.07. The van der Waals surface area contributed by atoms with Crippen LogP contribution in [0.3, 0.4) is 0 Å². The number of carbonyl (C=O) groups excluding carboxylic acids is 1. The molecule has 0 aliphatic carbocycles. The molecule has 1 amide bonds. The third kappa shape index (κ3) is 6.21. The Labute approximate surface area is 176 Å². The van der Waals surface area contributed by atoms with Gasteiger partial charge in [0.1, 0.15) is 48.8 Å². The maximum absolute atomic E-state index is 11.6. The Bertz CT molecular complexity index is 635. The standard InChI is InChI=1S/C16H28N4O11/c1-6(23)19-9-11(25)14(8(5-22)30-15(9)28-3-2-18-20-17)31-16-13(27)12(26)10(24)7(4-21)29-16/h7-16,21-22,24-27H,2-5H2,1H3,(H,19,23)/t7-,8+,9-,10-,11+,12-,13-,14+,15+,16-/m0/s1. The highest BCUT2D eigenvalue weighted by Crippen LogP contribution is 2.29. The van der Waals surface area contributed by atoms with Gasteiger partial charge in [-0.15, -0.1) is 0 Å². The first-order valence-electron chi connectivity index (χ1n) is 9.55. The lowest BCUT2D eigenvalue weighted by molar-refractivity contribution is -0.348. The molecule has 0 aromatic rings. The van der Waals surface area contributed by atoms with Gasteiger partial charge in [-0.2, -0.15) is 0 Å². The number of aliphatic hydroxyl groups excluding tert-OH is 6. The molecule has 31 heavy (non-hydrogen) atoms. The molecule has 0 aromatic carbocycles. The summed E-state index contributed by atoms with van der Waals surface area (Å²) >= 11 is 0. The van der Waals surface area contributed by atoms with Gasteiger partial charge in [0.2, 0.25) is 5.91 Å². The summed E-state index contributed by atoms with van der Waals surface area (Å²) in [5.41, 5.74) is 8.32. The average molecular weight is 452 g/mol. The van der Waals surface area contributed by atoms with Crippen molar-refractivity contribution in [2.45, 2.75) is 68.3 Å². The van der Waals surface area contributed by atoms with Gasteiger partial charge in [-0.05, 0) is 5.53 Å². The van der Waals surface area contributed by atoms with E-state index >= 15 is 0 Å². The topological polar surface area (TPSA) is 236 Å². The Kier molecular flexibility index (Phi) is 9.80. The molecule has 0 saturated carbocycles. The lowest BCUT2D eigenvalue weighted by atomic mass is 9.95. The van der Waals surface area contributed by atoms with Gasteiger partial charge < -0.3 is 54.9 Å². The van der Waals surface area contributed by atoms with Crippen molar-refractivity contribution in [2.75, 3.05) is 26.4 Å². The van der Waals surface area contributed by atoms with Crippen LogP contribution in [0, 0.1) is 0 Å². The Morgan fingerprint density at radius 2 is 1.68 bits per heavy atom. The molecule has 2 heterocycles. The summed E-state index contributed by atoms with van der Waals surface area (Å²) in [5.74, 6) is -0.537. The van der Waals surface area contributed by atoms with Gasteiger partial charge in [-0.3, -0.25) is 4.79 Å². The molecule has 10 atom stereocenters. The summed E-state index contributed by atoms with van der Waals surface area (Å²) in [4.78, 5) is 14.2. The lowest BCUT2D eigenvalue weighted by Gasteiger charge is -2.47. The van der Waals surface area contributed by atoms with E-state index in [0.717, 1.165) is 0 Å². The monoisotopic (exact) mass is 452 g/mol. The number of ether oxygens (including phenoxy) is 4. The Balaban J connectivity index is 2.18. The number of nitrogens with zero attached hydrogens (tertiary/aromatic N) is 3. The van der Waals surface area contributed by atoms with E-state index in [-0.39, 0.29) is 13.2 Å². The van der Waals surface area contributed by atoms with Gasteiger partial charge in [0.15, 0.2) is 12.6 Å². The molecule has 178 valence electrons. The van der Waals surface area contributed by atoms with Crippen molar-refractivity contribution in [2.24, 2.45) is 5.11 Å². The minimum absolute atomic E-state index is 0.0478. The SMILES string of the molecule is CC(=O)N[C@@H]1[C@H](OCCN=[N+]=[N-])O[C@H](CO)[C@@H](O[C@@H]2O[C@@H](CO)[C@H](O)[C@H](O)[C@@H]2O)[C@@H]1O. The quantitative estimate of drug-likeness (QED) is 0.0772. The predicted molar refractivity (Wildman–Crippen MR) is 98.0 cm³/mol. The van der Waals surface area contributed by atoms with Crippen molar-refractivity contribution in [1.82, 2.24) is 5.32 Å². The van der Waals surface area contributed by atoms with Crippen molar-refractivity contribution < 1.29 is 54.4 Å². The first-order chi connectivity index (χ1) is 14.7. The molecule has 0 spiro atoms. The Morgan fingerprint density at radius 3 is 2.26 bits per heavy atom. The molecule has 0 aromatic heterocycles.